The zero-order valence-electron chi connectivity index (χ0n) is 15.5. The van der Waals surface area contributed by atoms with Crippen molar-refractivity contribution in [2.75, 3.05) is 36.5 Å². The number of imidazole rings is 1. The summed E-state index contributed by atoms with van der Waals surface area (Å²) in [5.41, 5.74) is 2.93. The topological polar surface area (TPSA) is 84.7 Å². The van der Waals surface area contributed by atoms with Crippen LogP contribution < -0.4 is 10.2 Å². The number of benzene rings is 1. The zero-order valence-corrected chi connectivity index (χ0v) is 16.3. The Morgan fingerprint density at radius 2 is 1.97 bits per heavy atom. The summed E-state index contributed by atoms with van der Waals surface area (Å²) < 4.78 is 7.36. The van der Waals surface area contributed by atoms with Gasteiger partial charge < -0.3 is 15.0 Å². The molecule has 1 aromatic carbocycles. The highest BCUT2D eigenvalue weighted by Gasteiger charge is 2.16. The Labute approximate surface area is 170 Å². The number of nitrogens with one attached hydrogen (secondary N) is 1. The first kappa shape index (κ1) is 17.8. The smallest absolute Gasteiger partial charge is 0.274 e. The molecule has 0 unspecified atom stereocenters. The van der Waals surface area contributed by atoms with Crippen LogP contribution >= 0.6 is 11.3 Å². The molecule has 0 aliphatic carbocycles. The summed E-state index contributed by atoms with van der Waals surface area (Å²) in [6.07, 6.45) is 5.40. The van der Waals surface area contributed by atoms with Crippen molar-refractivity contribution < 1.29 is 9.53 Å². The van der Waals surface area contributed by atoms with Gasteiger partial charge in [-0.15, -0.1) is 11.3 Å². The van der Waals surface area contributed by atoms with Gasteiger partial charge in [0.25, 0.3) is 5.91 Å². The number of hydrogen-bond donors (Lipinski definition) is 1. The van der Waals surface area contributed by atoms with Crippen LogP contribution in [-0.2, 0) is 4.74 Å². The first-order valence-electron chi connectivity index (χ1n) is 9.25. The number of hydrogen-bond acceptors (Lipinski definition) is 7. The summed E-state index contributed by atoms with van der Waals surface area (Å²) in [6.45, 7) is 2.83. The van der Waals surface area contributed by atoms with E-state index in [1.807, 2.05) is 46.4 Å². The highest BCUT2D eigenvalue weighted by molar-refractivity contribution is 7.15. The summed E-state index contributed by atoms with van der Waals surface area (Å²) in [7, 11) is 0. The number of aromatic nitrogens is 4. The number of carbonyl (C=O) groups excluding carboxylic acids is 1. The number of morpholine rings is 1. The van der Waals surface area contributed by atoms with Crippen molar-refractivity contribution in [3.8, 4) is 11.3 Å². The molecule has 1 aliphatic heterocycles. The van der Waals surface area contributed by atoms with Gasteiger partial charge in [0.2, 0.25) is 0 Å². The fraction of sp³-hybridized carbons (Fsp3) is 0.200. The number of fused-ring (bicyclic) bond motifs is 1. The van der Waals surface area contributed by atoms with E-state index in [0.29, 0.717) is 24.6 Å². The van der Waals surface area contributed by atoms with Gasteiger partial charge in [-0.25, -0.2) is 15.0 Å². The van der Waals surface area contributed by atoms with E-state index in [1.54, 1.807) is 17.4 Å². The van der Waals surface area contributed by atoms with Crippen molar-refractivity contribution in [3.05, 3.63) is 60.1 Å². The number of thiazole rings is 1. The van der Waals surface area contributed by atoms with Crippen molar-refractivity contribution >= 4 is 33.7 Å². The van der Waals surface area contributed by atoms with Crippen LogP contribution in [0.15, 0.2) is 54.4 Å². The lowest BCUT2D eigenvalue weighted by atomic mass is 10.1. The molecule has 0 spiro atoms. The van der Waals surface area contributed by atoms with Crippen LogP contribution in [0.3, 0.4) is 0 Å². The maximum absolute atomic E-state index is 12.6. The van der Waals surface area contributed by atoms with Crippen LogP contribution in [0.2, 0.25) is 0 Å². The lowest BCUT2D eigenvalue weighted by molar-refractivity contribution is 0.102. The molecule has 29 heavy (non-hydrogen) atoms. The van der Waals surface area contributed by atoms with Gasteiger partial charge in [-0.05, 0) is 12.1 Å². The van der Waals surface area contributed by atoms with E-state index in [1.165, 1.54) is 6.33 Å². The second kappa shape index (κ2) is 7.61. The molecule has 0 saturated carbocycles. The number of nitrogens with zero attached hydrogens (tertiary/aromatic N) is 5. The third-order valence-electron chi connectivity index (χ3n) is 4.75. The predicted octanol–water partition coefficient (Wildman–Crippen LogP) is 2.94. The van der Waals surface area contributed by atoms with Gasteiger partial charge in [-0.3, -0.25) is 9.20 Å². The van der Waals surface area contributed by atoms with E-state index >= 15 is 0 Å². The number of amides is 1. The van der Waals surface area contributed by atoms with Crippen LogP contribution in [-0.4, -0.2) is 51.6 Å². The molecule has 1 aliphatic rings. The molecule has 0 atom stereocenters. The summed E-state index contributed by atoms with van der Waals surface area (Å²) in [5.74, 6) is 0.473. The van der Waals surface area contributed by atoms with E-state index in [9.17, 15) is 4.79 Å². The summed E-state index contributed by atoms with van der Waals surface area (Å²) in [4.78, 5) is 28.7. The first-order chi connectivity index (χ1) is 14.3. The average molecular weight is 406 g/mol. The molecule has 4 heterocycles. The second-order valence-electron chi connectivity index (χ2n) is 6.61. The second-order valence-corrected chi connectivity index (χ2v) is 7.48. The Bertz CT molecular complexity index is 1120. The van der Waals surface area contributed by atoms with Crippen LogP contribution in [0.1, 0.15) is 10.5 Å². The number of carbonyl (C=O) groups is 1. The van der Waals surface area contributed by atoms with E-state index in [2.05, 4.69) is 25.2 Å². The lowest BCUT2D eigenvalue weighted by Crippen LogP contribution is -2.37. The van der Waals surface area contributed by atoms with E-state index in [0.717, 1.165) is 35.1 Å². The summed E-state index contributed by atoms with van der Waals surface area (Å²) in [5, 5.41) is 4.89. The van der Waals surface area contributed by atoms with Crippen LogP contribution in [0, 0.1) is 0 Å². The standard InChI is InChI=1S/C20H18N6O2S/c27-19(16-11-18(22-13-21-16)25-5-8-28-9-6-25)23-15-3-1-14(2-4-15)17-12-26-7-10-29-20(26)24-17/h1-4,7,10-13H,5-6,8-9H2,(H,23,27). The van der Waals surface area contributed by atoms with Crippen molar-refractivity contribution in [3.63, 3.8) is 0 Å². The number of anilines is 2. The maximum Gasteiger partial charge on any atom is 0.274 e. The fourth-order valence-corrected chi connectivity index (χ4v) is 3.92. The highest BCUT2D eigenvalue weighted by atomic mass is 32.1. The van der Waals surface area contributed by atoms with Gasteiger partial charge in [-0.2, -0.15) is 0 Å². The van der Waals surface area contributed by atoms with Gasteiger partial charge in [-0.1, -0.05) is 12.1 Å². The van der Waals surface area contributed by atoms with Gasteiger partial charge in [0.1, 0.15) is 17.8 Å². The molecule has 146 valence electrons. The van der Waals surface area contributed by atoms with Crippen molar-refractivity contribution in [2.45, 2.75) is 0 Å². The lowest BCUT2D eigenvalue weighted by Gasteiger charge is -2.27. The van der Waals surface area contributed by atoms with Crippen molar-refractivity contribution in [2.24, 2.45) is 0 Å². The minimum atomic E-state index is -0.267. The highest BCUT2D eigenvalue weighted by Crippen LogP contribution is 2.23. The average Bonchev–Trinajstić information content (AvgIpc) is 3.37. The third kappa shape index (κ3) is 3.69. The molecule has 9 heteroatoms. The Kier molecular flexibility index (Phi) is 4.66. The first-order valence-corrected chi connectivity index (χ1v) is 10.1. The zero-order chi connectivity index (χ0) is 19.6. The molecule has 1 amide bonds. The SMILES string of the molecule is O=C(Nc1ccc(-c2cn3ccsc3n2)cc1)c1cc(N2CCOCC2)ncn1. The monoisotopic (exact) mass is 406 g/mol. The summed E-state index contributed by atoms with van der Waals surface area (Å²) >= 11 is 1.60. The van der Waals surface area contributed by atoms with Gasteiger partial charge >= 0.3 is 0 Å². The fourth-order valence-electron chi connectivity index (χ4n) is 3.22. The van der Waals surface area contributed by atoms with Crippen molar-refractivity contribution in [1.29, 1.82) is 0 Å². The minimum Gasteiger partial charge on any atom is -0.378 e. The van der Waals surface area contributed by atoms with E-state index in [4.69, 9.17) is 4.74 Å². The Morgan fingerprint density at radius 3 is 2.76 bits per heavy atom. The molecule has 3 aromatic heterocycles. The minimum absolute atomic E-state index is 0.267. The molecule has 1 N–H and O–H groups in total. The van der Waals surface area contributed by atoms with Crippen LogP contribution in [0.4, 0.5) is 11.5 Å². The largest absolute Gasteiger partial charge is 0.378 e. The molecular formula is C20H18N6O2S. The number of rotatable bonds is 4. The van der Waals surface area contributed by atoms with Gasteiger partial charge in [0, 0.05) is 48.2 Å². The molecular weight excluding hydrogens is 388 g/mol. The molecule has 0 bridgehead atoms. The van der Waals surface area contributed by atoms with Gasteiger partial charge in [0.15, 0.2) is 4.96 Å². The molecule has 5 rings (SSSR count). The van der Waals surface area contributed by atoms with E-state index < -0.39 is 0 Å². The quantitative estimate of drug-likeness (QED) is 0.561. The third-order valence-corrected chi connectivity index (χ3v) is 5.52. The Hall–Kier alpha value is -3.30. The molecule has 0 radical (unpaired) electrons. The molecule has 8 nitrogen and oxygen atoms in total. The maximum atomic E-state index is 12.6. The van der Waals surface area contributed by atoms with Crippen molar-refractivity contribution in [1.82, 2.24) is 19.4 Å². The van der Waals surface area contributed by atoms with E-state index in [-0.39, 0.29) is 5.91 Å². The summed E-state index contributed by atoms with van der Waals surface area (Å²) in [6, 6.07) is 9.34. The Morgan fingerprint density at radius 1 is 1.14 bits per heavy atom. The molecule has 1 fully saturated rings. The Balaban J connectivity index is 1.30. The number of ether oxygens (including phenoxy) is 1. The van der Waals surface area contributed by atoms with Crippen LogP contribution in [0.5, 0.6) is 0 Å². The van der Waals surface area contributed by atoms with Crippen LogP contribution in [0.25, 0.3) is 16.2 Å². The molecule has 4 aromatic rings. The molecule has 1 saturated heterocycles. The van der Waals surface area contributed by atoms with Gasteiger partial charge in [0.05, 0.1) is 18.9 Å². The normalized spacial score (nSPS) is 14.3. The predicted molar refractivity (Wildman–Crippen MR) is 112 cm³/mol.